The smallest absolute Gasteiger partial charge is 0.413 e. The fraction of sp³-hybridized carbons (Fsp3) is 0.875. The van der Waals surface area contributed by atoms with E-state index in [2.05, 4.69) is 66.2 Å². The lowest BCUT2D eigenvalue weighted by molar-refractivity contribution is 0.104. The van der Waals surface area contributed by atoms with Gasteiger partial charge in [0.2, 0.25) is 0 Å². The zero-order chi connectivity index (χ0) is 11.1. The maximum Gasteiger partial charge on any atom is 0.560 e. The van der Waals surface area contributed by atoms with Crippen molar-refractivity contribution in [3.63, 3.8) is 0 Å². The molecule has 1 radical (unpaired) electrons. The monoisotopic (exact) mass is 341 g/mol. The third kappa shape index (κ3) is 16.6. The molecule has 0 bridgehead atoms. The first-order valence-corrected chi connectivity index (χ1v) is 15.5. The normalized spacial score (nSPS) is 11.4. The summed E-state index contributed by atoms with van der Waals surface area (Å²) in [4.78, 5) is 0. The molecular formula is C8H19Br2MgOSi. The lowest BCUT2D eigenvalue weighted by Crippen LogP contribution is -2.37. The molecule has 0 saturated carbocycles. The van der Waals surface area contributed by atoms with Gasteiger partial charge in [0.15, 0.2) is 8.32 Å². The van der Waals surface area contributed by atoms with E-state index in [1.807, 2.05) is 0 Å². The average molecular weight is 343 g/mol. The van der Waals surface area contributed by atoms with E-state index >= 15 is 0 Å². The van der Waals surface area contributed by atoms with Crippen LogP contribution in [-0.2, 0) is 4.43 Å². The second-order valence-corrected chi connectivity index (χ2v) is 16.8. The zero-order valence-corrected chi connectivity index (χ0v) is 14.9. The van der Waals surface area contributed by atoms with Crippen molar-refractivity contribution in [2.75, 3.05) is 0 Å². The predicted molar refractivity (Wildman–Crippen MR) is 72.1 cm³/mol. The van der Waals surface area contributed by atoms with Crippen molar-refractivity contribution in [2.45, 2.75) is 45.5 Å². The molecule has 0 heterocycles. The molecule has 0 N–H and O–H groups in total. The summed E-state index contributed by atoms with van der Waals surface area (Å²) in [5.41, 5.74) is -0.0233. The van der Waals surface area contributed by atoms with Crippen LogP contribution in [-0.4, -0.2) is 29.9 Å². The van der Waals surface area contributed by atoms with Gasteiger partial charge in [-0.1, -0.05) is 6.92 Å². The molecule has 0 unspecified atom stereocenters. The largest absolute Gasteiger partial charge is 0.560 e. The second-order valence-electron chi connectivity index (χ2n) is 4.33. The maximum atomic E-state index is 5.85. The highest BCUT2D eigenvalue weighted by Crippen LogP contribution is 2.19. The van der Waals surface area contributed by atoms with Crippen molar-refractivity contribution in [2.24, 2.45) is 0 Å². The van der Waals surface area contributed by atoms with Gasteiger partial charge < -0.3 is 4.43 Å². The SMILES string of the molecule is [Br][Mg][Br].[CH2]CC(C)(C)O[Si](C)(C)C. The molecule has 5 heteroatoms. The Labute approximate surface area is 106 Å². The van der Waals surface area contributed by atoms with Gasteiger partial charge in [0.1, 0.15) is 0 Å². The number of hydrogen-bond donors (Lipinski definition) is 0. The van der Waals surface area contributed by atoms with E-state index < -0.39 is 8.32 Å². The highest BCUT2D eigenvalue weighted by Gasteiger charge is 2.25. The molecule has 0 rings (SSSR count). The van der Waals surface area contributed by atoms with Crippen LogP contribution in [0, 0.1) is 6.92 Å². The van der Waals surface area contributed by atoms with E-state index in [-0.39, 0.29) is 21.6 Å². The molecule has 0 aromatic rings. The van der Waals surface area contributed by atoms with Crippen LogP contribution in [0.2, 0.25) is 19.6 Å². The molecule has 0 fully saturated rings. The minimum absolute atomic E-state index is 0.0233. The van der Waals surface area contributed by atoms with Crippen LogP contribution in [0.5, 0.6) is 0 Å². The van der Waals surface area contributed by atoms with Crippen molar-refractivity contribution in [1.29, 1.82) is 0 Å². The minimum Gasteiger partial charge on any atom is -0.413 e. The lowest BCUT2D eigenvalue weighted by Gasteiger charge is -2.31. The number of hydrogen-bond acceptors (Lipinski definition) is 1. The van der Waals surface area contributed by atoms with Crippen LogP contribution < -0.4 is 0 Å². The molecule has 0 aliphatic carbocycles. The quantitative estimate of drug-likeness (QED) is 0.700. The highest BCUT2D eigenvalue weighted by atomic mass is 79.9. The molecule has 0 saturated heterocycles. The van der Waals surface area contributed by atoms with Gasteiger partial charge in [-0.3, -0.25) is 25.8 Å². The Balaban J connectivity index is 0. The van der Waals surface area contributed by atoms with Gasteiger partial charge in [-0.05, 0) is 39.9 Å². The summed E-state index contributed by atoms with van der Waals surface area (Å²) < 4.78 is 5.85. The molecule has 0 aromatic heterocycles. The van der Waals surface area contributed by atoms with Crippen molar-refractivity contribution in [1.82, 2.24) is 0 Å². The van der Waals surface area contributed by atoms with Gasteiger partial charge in [0, 0.05) is 0 Å². The number of rotatable bonds is 3. The van der Waals surface area contributed by atoms with Gasteiger partial charge in [0.25, 0.3) is 0 Å². The maximum absolute atomic E-state index is 5.85. The number of halogens is 2. The lowest BCUT2D eigenvalue weighted by atomic mass is 10.1. The van der Waals surface area contributed by atoms with Crippen LogP contribution in [0.25, 0.3) is 0 Å². The Bertz CT molecular complexity index is 126. The van der Waals surface area contributed by atoms with Crippen LogP contribution in [0.1, 0.15) is 20.3 Å². The molecule has 13 heavy (non-hydrogen) atoms. The molecule has 0 aliphatic heterocycles. The summed E-state index contributed by atoms with van der Waals surface area (Å²) in [6.45, 7) is 14.6. The summed E-state index contributed by atoms with van der Waals surface area (Å²) in [5, 5.41) is 0. The topological polar surface area (TPSA) is 9.23 Å². The Kier molecular flexibility index (Phi) is 10.8. The van der Waals surface area contributed by atoms with Gasteiger partial charge in [0.05, 0.1) is 5.60 Å². The van der Waals surface area contributed by atoms with E-state index in [0.717, 1.165) is 6.42 Å². The van der Waals surface area contributed by atoms with Gasteiger partial charge in [-0.25, -0.2) is 0 Å². The molecule has 0 spiro atoms. The Morgan fingerprint density at radius 3 is 1.69 bits per heavy atom. The van der Waals surface area contributed by atoms with E-state index in [4.69, 9.17) is 4.43 Å². The average Bonchev–Trinajstić information content (AvgIpc) is 1.84. The van der Waals surface area contributed by atoms with E-state index in [1.54, 1.807) is 0 Å². The summed E-state index contributed by atoms with van der Waals surface area (Å²) >= 11 is 6.44. The summed E-state index contributed by atoms with van der Waals surface area (Å²) in [6, 6.07) is 0. The van der Waals surface area contributed by atoms with Gasteiger partial charge in [-0.15, -0.1) is 0 Å². The first-order valence-electron chi connectivity index (χ1n) is 4.30. The summed E-state index contributed by atoms with van der Waals surface area (Å²) in [7, 11) is -1.35. The predicted octanol–water partition coefficient (Wildman–Crippen LogP) is 4.15. The fourth-order valence-electron chi connectivity index (χ4n) is 0.880. The first kappa shape index (κ1) is 17.3. The van der Waals surface area contributed by atoms with E-state index in [1.165, 1.54) is 0 Å². The van der Waals surface area contributed by atoms with Crippen LogP contribution in [0.4, 0.5) is 0 Å². The molecule has 0 amide bonds. The first-order chi connectivity index (χ1) is 5.68. The fourth-order valence-corrected chi connectivity index (χ4v) is 2.64. The molecule has 0 aromatic carbocycles. The van der Waals surface area contributed by atoms with Crippen LogP contribution in [0.3, 0.4) is 0 Å². The van der Waals surface area contributed by atoms with E-state index in [9.17, 15) is 0 Å². The standard InChI is InChI=1S/C8H19OSi.2BrH.Mg/c1-7-8(2,3)9-10(4,5)6;;;/h1,7H2,2-6H3;2*1H;/q;;;+2/p-2. The van der Waals surface area contributed by atoms with Crippen molar-refractivity contribution < 1.29 is 4.43 Å². The van der Waals surface area contributed by atoms with E-state index in [0.29, 0.717) is 0 Å². The third-order valence-electron chi connectivity index (χ3n) is 1.18. The Morgan fingerprint density at radius 1 is 1.31 bits per heavy atom. The summed E-state index contributed by atoms with van der Waals surface area (Å²) in [6.07, 6.45) is 0.845. The summed E-state index contributed by atoms with van der Waals surface area (Å²) in [5.74, 6) is 0. The van der Waals surface area contributed by atoms with Crippen molar-refractivity contribution in [3.8, 4) is 0 Å². The van der Waals surface area contributed by atoms with Crippen molar-refractivity contribution >= 4 is 50.1 Å². The Morgan fingerprint density at radius 2 is 1.62 bits per heavy atom. The molecule has 0 atom stereocenters. The van der Waals surface area contributed by atoms with Crippen LogP contribution in [0.15, 0.2) is 0 Å². The molecule has 77 valence electrons. The van der Waals surface area contributed by atoms with Crippen molar-refractivity contribution in [3.05, 3.63) is 6.92 Å². The Hall–Kier alpha value is 1.90. The zero-order valence-electron chi connectivity index (χ0n) is 9.29. The van der Waals surface area contributed by atoms with Gasteiger partial charge >= 0.3 is 16.0 Å². The highest BCUT2D eigenvalue weighted by molar-refractivity contribution is 9.47. The minimum atomic E-state index is -1.35. The van der Waals surface area contributed by atoms with Crippen LogP contribution >= 0.6 is 25.8 Å². The molecular weight excluding hydrogens is 324 g/mol. The second kappa shape index (κ2) is 8.10. The van der Waals surface area contributed by atoms with Gasteiger partial charge in [-0.2, -0.15) is 0 Å². The molecule has 0 aliphatic rings. The third-order valence-corrected chi connectivity index (χ3v) is 2.35. The molecule has 1 nitrogen and oxygen atoms in total.